The maximum absolute atomic E-state index is 9.12. The largest absolute Gasteiger partial charge is 0.506 e. The summed E-state index contributed by atoms with van der Waals surface area (Å²) in [5.74, 6) is 0.210. The molecular formula is C13H23N3O. The Morgan fingerprint density at radius 3 is 2.59 bits per heavy atom. The molecule has 1 heterocycles. The molecule has 0 amide bonds. The van der Waals surface area contributed by atoms with Crippen LogP contribution in [0.25, 0.3) is 0 Å². The van der Waals surface area contributed by atoms with Gasteiger partial charge in [-0.15, -0.1) is 0 Å². The zero-order valence-electron chi connectivity index (χ0n) is 11.2. The first-order valence-electron chi connectivity index (χ1n) is 5.88. The predicted octanol–water partition coefficient (Wildman–Crippen LogP) is 1.46. The highest BCUT2D eigenvalue weighted by atomic mass is 16.3. The molecule has 0 aliphatic heterocycles. The summed E-state index contributed by atoms with van der Waals surface area (Å²) in [6.07, 6.45) is 1.47. The van der Waals surface area contributed by atoms with Crippen molar-refractivity contribution < 1.29 is 5.11 Å². The Bertz CT molecular complexity index is 333. The summed E-state index contributed by atoms with van der Waals surface area (Å²) in [6, 6.07) is 3.50. The van der Waals surface area contributed by atoms with Crippen LogP contribution in [-0.2, 0) is 6.54 Å². The summed E-state index contributed by atoms with van der Waals surface area (Å²) in [7, 11) is 4.17. The topological polar surface area (TPSA) is 48.4 Å². The van der Waals surface area contributed by atoms with Crippen molar-refractivity contribution in [1.29, 1.82) is 0 Å². The van der Waals surface area contributed by atoms with Gasteiger partial charge in [0, 0.05) is 19.6 Å². The summed E-state index contributed by atoms with van der Waals surface area (Å²) < 4.78 is 0. The fourth-order valence-corrected chi connectivity index (χ4v) is 1.96. The SMILES string of the molecule is CN(C)CC(C)(C)CNCc1ccc(O)cn1. The molecule has 4 heteroatoms. The highest BCUT2D eigenvalue weighted by Gasteiger charge is 2.18. The van der Waals surface area contributed by atoms with E-state index in [0.717, 1.165) is 25.3 Å². The van der Waals surface area contributed by atoms with E-state index < -0.39 is 0 Å². The van der Waals surface area contributed by atoms with E-state index in [1.807, 2.05) is 6.07 Å². The van der Waals surface area contributed by atoms with Crippen molar-refractivity contribution in [2.45, 2.75) is 20.4 Å². The minimum absolute atomic E-state index is 0.210. The molecule has 0 aromatic carbocycles. The lowest BCUT2D eigenvalue weighted by Crippen LogP contribution is -2.37. The average molecular weight is 237 g/mol. The van der Waals surface area contributed by atoms with Crippen LogP contribution in [0.2, 0.25) is 0 Å². The standard InChI is InChI=1S/C13H23N3O/c1-13(2,10-16(3)4)9-14-7-11-5-6-12(17)8-15-11/h5-6,8,14,17H,7,9-10H2,1-4H3. The van der Waals surface area contributed by atoms with Gasteiger partial charge in [0.15, 0.2) is 0 Å². The van der Waals surface area contributed by atoms with Gasteiger partial charge in [-0.25, -0.2) is 0 Å². The number of hydrogen-bond acceptors (Lipinski definition) is 4. The molecule has 4 nitrogen and oxygen atoms in total. The molecule has 0 saturated heterocycles. The van der Waals surface area contributed by atoms with Crippen molar-refractivity contribution in [2.75, 3.05) is 27.2 Å². The molecule has 0 aliphatic carbocycles. The van der Waals surface area contributed by atoms with Crippen LogP contribution in [0.15, 0.2) is 18.3 Å². The van der Waals surface area contributed by atoms with Gasteiger partial charge in [0.05, 0.1) is 11.9 Å². The average Bonchev–Trinajstić information content (AvgIpc) is 2.18. The van der Waals surface area contributed by atoms with E-state index in [1.165, 1.54) is 6.20 Å². The molecule has 1 aromatic rings. The highest BCUT2D eigenvalue weighted by molar-refractivity contribution is 5.17. The Kier molecular flexibility index (Phi) is 4.90. The summed E-state index contributed by atoms with van der Waals surface area (Å²) in [5.41, 5.74) is 1.18. The number of aromatic hydroxyl groups is 1. The lowest BCUT2D eigenvalue weighted by molar-refractivity contribution is 0.232. The Morgan fingerprint density at radius 1 is 1.35 bits per heavy atom. The van der Waals surface area contributed by atoms with Crippen molar-refractivity contribution in [3.63, 3.8) is 0 Å². The summed E-state index contributed by atoms with van der Waals surface area (Å²) >= 11 is 0. The van der Waals surface area contributed by atoms with Gasteiger partial charge in [-0.1, -0.05) is 13.8 Å². The third kappa shape index (κ3) is 5.65. The molecule has 0 saturated carbocycles. The summed E-state index contributed by atoms with van der Waals surface area (Å²) in [5, 5.41) is 12.5. The van der Waals surface area contributed by atoms with Crippen molar-refractivity contribution in [3.8, 4) is 5.75 Å². The Morgan fingerprint density at radius 2 is 2.06 bits per heavy atom. The second-order valence-electron chi connectivity index (χ2n) is 5.51. The van der Waals surface area contributed by atoms with Crippen LogP contribution in [0.5, 0.6) is 5.75 Å². The Balaban J connectivity index is 2.34. The Hall–Kier alpha value is -1.13. The smallest absolute Gasteiger partial charge is 0.133 e. The lowest BCUT2D eigenvalue weighted by atomic mass is 9.93. The van der Waals surface area contributed by atoms with Gasteiger partial charge in [0.1, 0.15) is 5.75 Å². The van der Waals surface area contributed by atoms with Crippen LogP contribution < -0.4 is 5.32 Å². The number of aromatic nitrogens is 1. The van der Waals surface area contributed by atoms with Crippen molar-refractivity contribution in [3.05, 3.63) is 24.0 Å². The first kappa shape index (κ1) is 13.9. The molecule has 96 valence electrons. The monoisotopic (exact) mass is 237 g/mol. The van der Waals surface area contributed by atoms with Crippen LogP contribution in [0, 0.1) is 5.41 Å². The molecule has 0 aliphatic rings. The Labute approximate surface area is 104 Å². The van der Waals surface area contributed by atoms with Gasteiger partial charge in [-0.2, -0.15) is 0 Å². The number of rotatable bonds is 6. The van der Waals surface area contributed by atoms with Crippen molar-refractivity contribution >= 4 is 0 Å². The van der Waals surface area contributed by atoms with Crippen LogP contribution in [0.3, 0.4) is 0 Å². The minimum atomic E-state index is 0.210. The zero-order chi connectivity index (χ0) is 12.9. The van der Waals surface area contributed by atoms with E-state index >= 15 is 0 Å². The minimum Gasteiger partial charge on any atom is -0.506 e. The molecule has 0 atom stereocenters. The van der Waals surface area contributed by atoms with E-state index in [2.05, 4.69) is 43.1 Å². The maximum Gasteiger partial charge on any atom is 0.133 e. The molecule has 0 fully saturated rings. The molecule has 0 unspecified atom stereocenters. The number of pyridine rings is 1. The third-order valence-corrected chi connectivity index (χ3v) is 2.46. The fourth-order valence-electron chi connectivity index (χ4n) is 1.96. The van der Waals surface area contributed by atoms with E-state index in [4.69, 9.17) is 5.11 Å². The van der Waals surface area contributed by atoms with E-state index in [1.54, 1.807) is 6.07 Å². The van der Waals surface area contributed by atoms with Gasteiger partial charge >= 0.3 is 0 Å². The second-order valence-corrected chi connectivity index (χ2v) is 5.51. The first-order chi connectivity index (χ1) is 7.89. The van der Waals surface area contributed by atoms with E-state index in [9.17, 15) is 0 Å². The van der Waals surface area contributed by atoms with E-state index in [0.29, 0.717) is 0 Å². The van der Waals surface area contributed by atoms with E-state index in [-0.39, 0.29) is 11.2 Å². The summed E-state index contributed by atoms with van der Waals surface area (Å²) in [6.45, 7) is 7.20. The van der Waals surface area contributed by atoms with Gasteiger partial charge in [-0.3, -0.25) is 4.98 Å². The molecule has 1 aromatic heterocycles. The van der Waals surface area contributed by atoms with Gasteiger partial charge in [-0.05, 0) is 31.6 Å². The zero-order valence-corrected chi connectivity index (χ0v) is 11.2. The molecule has 17 heavy (non-hydrogen) atoms. The molecule has 1 rings (SSSR count). The van der Waals surface area contributed by atoms with Crippen LogP contribution in [-0.4, -0.2) is 42.2 Å². The third-order valence-electron chi connectivity index (χ3n) is 2.46. The quantitative estimate of drug-likeness (QED) is 0.786. The normalized spacial score (nSPS) is 12.1. The first-order valence-corrected chi connectivity index (χ1v) is 5.88. The van der Waals surface area contributed by atoms with Gasteiger partial charge in [0.2, 0.25) is 0 Å². The van der Waals surface area contributed by atoms with Crippen molar-refractivity contribution in [1.82, 2.24) is 15.2 Å². The molecular weight excluding hydrogens is 214 g/mol. The van der Waals surface area contributed by atoms with Crippen LogP contribution in [0.4, 0.5) is 0 Å². The number of hydrogen-bond donors (Lipinski definition) is 2. The van der Waals surface area contributed by atoms with Gasteiger partial charge < -0.3 is 15.3 Å². The summed E-state index contributed by atoms with van der Waals surface area (Å²) in [4.78, 5) is 6.33. The fraction of sp³-hybridized carbons (Fsp3) is 0.615. The number of nitrogens with zero attached hydrogens (tertiary/aromatic N) is 2. The van der Waals surface area contributed by atoms with Crippen LogP contribution in [0.1, 0.15) is 19.5 Å². The molecule has 0 radical (unpaired) electrons. The molecule has 2 N–H and O–H groups in total. The van der Waals surface area contributed by atoms with Crippen LogP contribution >= 0.6 is 0 Å². The predicted molar refractivity (Wildman–Crippen MR) is 69.9 cm³/mol. The second kappa shape index (κ2) is 5.98. The highest BCUT2D eigenvalue weighted by Crippen LogP contribution is 2.14. The van der Waals surface area contributed by atoms with Gasteiger partial charge in [0.25, 0.3) is 0 Å². The maximum atomic E-state index is 9.12. The molecule has 0 spiro atoms. The molecule has 0 bridgehead atoms. The number of nitrogens with one attached hydrogen (secondary N) is 1. The lowest BCUT2D eigenvalue weighted by Gasteiger charge is -2.28. The van der Waals surface area contributed by atoms with Crippen molar-refractivity contribution in [2.24, 2.45) is 5.41 Å².